The Hall–Kier alpha value is -0.910. The van der Waals surface area contributed by atoms with Crippen LogP contribution in [0.5, 0.6) is 0 Å². The van der Waals surface area contributed by atoms with Crippen LogP contribution in [0, 0.1) is 12.8 Å². The first-order valence-corrected chi connectivity index (χ1v) is 8.88. The standard InChI is InChI=1S/C17H21BrN2O2/c1-10-6-14-13(17(18)16(10)12-7-11(12)9-21)8-19-20(14)15-4-2-3-5-22-15/h6,8,11-12,15,21H,2-5,7,9H2,1H3/t11-,12-,15?/m1/s1. The molecule has 0 amide bonds. The topological polar surface area (TPSA) is 47.3 Å². The number of halogens is 1. The maximum Gasteiger partial charge on any atom is 0.150 e. The van der Waals surface area contributed by atoms with Gasteiger partial charge in [0, 0.05) is 23.1 Å². The van der Waals surface area contributed by atoms with Crippen molar-refractivity contribution in [1.29, 1.82) is 0 Å². The number of hydrogen-bond donors (Lipinski definition) is 1. The van der Waals surface area contributed by atoms with Crippen molar-refractivity contribution in [3.63, 3.8) is 0 Å². The smallest absolute Gasteiger partial charge is 0.150 e. The average Bonchev–Trinajstić information content (AvgIpc) is 3.18. The molecule has 118 valence electrons. The summed E-state index contributed by atoms with van der Waals surface area (Å²) in [5, 5.41) is 15.1. The highest BCUT2D eigenvalue weighted by atomic mass is 79.9. The first-order valence-electron chi connectivity index (χ1n) is 8.09. The molecular weight excluding hydrogens is 344 g/mol. The van der Waals surface area contributed by atoms with E-state index >= 15 is 0 Å². The summed E-state index contributed by atoms with van der Waals surface area (Å²) in [5.41, 5.74) is 3.76. The Kier molecular flexibility index (Phi) is 3.75. The maximum absolute atomic E-state index is 9.36. The zero-order valence-corrected chi connectivity index (χ0v) is 14.3. The van der Waals surface area contributed by atoms with Gasteiger partial charge in [-0.15, -0.1) is 0 Å². The number of aromatic nitrogens is 2. The molecule has 2 fully saturated rings. The number of nitrogens with zero attached hydrogens (tertiary/aromatic N) is 2. The predicted molar refractivity (Wildman–Crippen MR) is 88.9 cm³/mol. The normalized spacial score (nSPS) is 28.2. The monoisotopic (exact) mass is 364 g/mol. The Morgan fingerprint density at radius 1 is 1.45 bits per heavy atom. The highest BCUT2D eigenvalue weighted by molar-refractivity contribution is 9.10. The van der Waals surface area contributed by atoms with Gasteiger partial charge in [0.1, 0.15) is 0 Å². The van der Waals surface area contributed by atoms with E-state index in [0.29, 0.717) is 11.8 Å². The van der Waals surface area contributed by atoms with Gasteiger partial charge in [-0.2, -0.15) is 5.10 Å². The number of ether oxygens (including phenoxy) is 1. The molecule has 1 saturated heterocycles. The fourth-order valence-electron chi connectivity index (χ4n) is 3.69. The highest BCUT2D eigenvalue weighted by Crippen LogP contribution is 2.51. The Morgan fingerprint density at radius 2 is 2.32 bits per heavy atom. The zero-order chi connectivity index (χ0) is 15.3. The van der Waals surface area contributed by atoms with Crippen LogP contribution in [-0.4, -0.2) is 28.1 Å². The third kappa shape index (κ3) is 2.30. The van der Waals surface area contributed by atoms with Crippen molar-refractivity contribution in [3.8, 4) is 0 Å². The number of hydrogen-bond acceptors (Lipinski definition) is 3. The lowest BCUT2D eigenvalue weighted by molar-refractivity contribution is -0.0366. The molecule has 2 heterocycles. The minimum atomic E-state index is 0.0644. The summed E-state index contributed by atoms with van der Waals surface area (Å²) < 4.78 is 9.06. The molecule has 1 aliphatic heterocycles. The molecule has 3 atom stereocenters. The van der Waals surface area contributed by atoms with Crippen molar-refractivity contribution in [2.45, 2.75) is 44.8 Å². The summed E-state index contributed by atoms with van der Waals surface area (Å²) in [5.74, 6) is 0.905. The van der Waals surface area contributed by atoms with E-state index in [1.807, 2.05) is 10.9 Å². The third-order valence-electron chi connectivity index (χ3n) is 5.04. The second-order valence-electron chi connectivity index (χ2n) is 6.55. The number of fused-ring (bicyclic) bond motifs is 1. The third-order valence-corrected chi connectivity index (χ3v) is 5.90. The summed E-state index contributed by atoms with van der Waals surface area (Å²) >= 11 is 3.79. The number of benzene rings is 1. The van der Waals surface area contributed by atoms with Gasteiger partial charge in [0.15, 0.2) is 6.23 Å². The molecule has 1 aliphatic carbocycles. The molecule has 2 aliphatic rings. The quantitative estimate of drug-likeness (QED) is 0.898. The van der Waals surface area contributed by atoms with Crippen LogP contribution in [-0.2, 0) is 4.74 Å². The predicted octanol–water partition coefficient (Wildman–Crippen LogP) is 3.90. The van der Waals surface area contributed by atoms with E-state index in [1.54, 1.807) is 0 Å². The van der Waals surface area contributed by atoms with Crippen LogP contribution in [0.15, 0.2) is 16.7 Å². The summed E-state index contributed by atoms with van der Waals surface area (Å²) in [7, 11) is 0. The maximum atomic E-state index is 9.36. The molecular formula is C17H21BrN2O2. The van der Waals surface area contributed by atoms with Crippen molar-refractivity contribution in [3.05, 3.63) is 27.9 Å². The fraction of sp³-hybridized carbons (Fsp3) is 0.588. The Balaban J connectivity index is 1.77. The van der Waals surface area contributed by atoms with Gasteiger partial charge in [0.25, 0.3) is 0 Å². The Bertz CT molecular complexity index is 706. The van der Waals surface area contributed by atoms with Crippen molar-refractivity contribution < 1.29 is 9.84 Å². The number of aliphatic hydroxyl groups excluding tert-OH is 1. The molecule has 1 aromatic carbocycles. The summed E-state index contributed by atoms with van der Waals surface area (Å²) in [6, 6.07) is 2.23. The van der Waals surface area contributed by atoms with Crippen molar-refractivity contribution in [2.75, 3.05) is 13.2 Å². The lowest BCUT2D eigenvalue weighted by atomic mass is 10.0. The van der Waals surface area contributed by atoms with Gasteiger partial charge in [-0.25, -0.2) is 4.68 Å². The van der Waals surface area contributed by atoms with Crippen LogP contribution in [0.1, 0.15) is 49.0 Å². The van der Waals surface area contributed by atoms with Crippen LogP contribution in [0.4, 0.5) is 0 Å². The minimum absolute atomic E-state index is 0.0644. The number of rotatable bonds is 3. The lowest BCUT2D eigenvalue weighted by Gasteiger charge is -2.23. The average molecular weight is 365 g/mol. The van der Waals surface area contributed by atoms with E-state index in [4.69, 9.17) is 4.74 Å². The number of aliphatic hydroxyl groups is 1. The number of aryl methyl sites for hydroxylation is 1. The summed E-state index contributed by atoms with van der Waals surface area (Å²) in [6.07, 6.45) is 6.47. The molecule has 1 N–H and O–H groups in total. The lowest BCUT2D eigenvalue weighted by Crippen LogP contribution is -2.19. The molecule has 4 nitrogen and oxygen atoms in total. The molecule has 1 aromatic heterocycles. The van der Waals surface area contributed by atoms with Gasteiger partial charge in [0.2, 0.25) is 0 Å². The van der Waals surface area contributed by atoms with Crippen molar-refractivity contribution >= 4 is 26.8 Å². The van der Waals surface area contributed by atoms with Crippen molar-refractivity contribution in [1.82, 2.24) is 9.78 Å². The molecule has 2 aromatic rings. The van der Waals surface area contributed by atoms with Gasteiger partial charge in [-0.05, 0) is 77.6 Å². The molecule has 1 saturated carbocycles. The van der Waals surface area contributed by atoms with Crippen molar-refractivity contribution in [2.24, 2.45) is 5.92 Å². The summed E-state index contributed by atoms with van der Waals surface area (Å²) in [6.45, 7) is 3.26. The van der Waals surface area contributed by atoms with Gasteiger partial charge in [-0.3, -0.25) is 0 Å². The Labute approximate surface area is 138 Å². The van der Waals surface area contributed by atoms with Gasteiger partial charge < -0.3 is 9.84 Å². The molecule has 5 heteroatoms. The SMILES string of the molecule is Cc1cc2c(cnn2C2CCCCO2)c(Br)c1[C@@H]1C[C@@H]1CO. The van der Waals surface area contributed by atoms with Crippen LogP contribution >= 0.6 is 15.9 Å². The molecule has 4 rings (SSSR count). The second kappa shape index (κ2) is 5.62. The molecule has 1 unspecified atom stereocenters. The largest absolute Gasteiger partial charge is 0.396 e. The molecule has 0 bridgehead atoms. The van der Waals surface area contributed by atoms with Crippen LogP contribution in [0.3, 0.4) is 0 Å². The zero-order valence-electron chi connectivity index (χ0n) is 12.8. The van der Waals surface area contributed by atoms with E-state index < -0.39 is 0 Å². The second-order valence-corrected chi connectivity index (χ2v) is 7.34. The van der Waals surface area contributed by atoms with E-state index in [-0.39, 0.29) is 12.8 Å². The van der Waals surface area contributed by atoms with Gasteiger partial charge >= 0.3 is 0 Å². The highest BCUT2D eigenvalue weighted by Gasteiger charge is 2.40. The summed E-state index contributed by atoms with van der Waals surface area (Å²) in [4.78, 5) is 0. The van der Waals surface area contributed by atoms with Crippen LogP contribution in [0.25, 0.3) is 10.9 Å². The fourth-order valence-corrected chi connectivity index (χ4v) is 4.60. The van der Waals surface area contributed by atoms with Crippen LogP contribution < -0.4 is 0 Å². The van der Waals surface area contributed by atoms with E-state index in [9.17, 15) is 5.11 Å². The first-order chi connectivity index (χ1) is 10.7. The minimum Gasteiger partial charge on any atom is -0.396 e. The van der Waals surface area contributed by atoms with E-state index in [1.165, 1.54) is 17.5 Å². The molecule has 0 radical (unpaired) electrons. The van der Waals surface area contributed by atoms with E-state index in [0.717, 1.165) is 41.2 Å². The first kappa shape index (κ1) is 14.7. The molecule has 0 spiro atoms. The Morgan fingerprint density at radius 3 is 3.00 bits per heavy atom. The van der Waals surface area contributed by atoms with Gasteiger partial charge in [0.05, 0.1) is 11.7 Å². The van der Waals surface area contributed by atoms with Gasteiger partial charge in [-0.1, -0.05) is 0 Å². The van der Waals surface area contributed by atoms with Crippen LogP contribution in [0.2, 0.25) is 0 Å². The molecule has 22 heavy (non-hydrogen) atoms. The van der Waals surface area contributed by atoms with E-state index in [2.05, 4.69) is 34.0 Å².